The Balaban J connectivity index is 2.88. The number of halogens is 2. The lowest BCUT2D eigenvalue weighted by molar-refractivity contribution is 0.0590. The lowest BCUT2D eigenvalue weighted by atomic mass is 10.1. The summed E-state index contributed by atoms with van der Waals surface area (Å²) in [7, 11) is 0. The number of rotatable bonds is 0. The van der Waals surface area contributed by atoms with Crippen LogP contribution >= 0.6 is 31.9 Å². The highest BCUT2D eigenvalue weighted by molar-refractivity contribution is 9.12. The fourth-order valence-corrected chi connectivity index (χ4v) is 1.85. The van der Waals surface area contributed by atoms with Crippen LogP contribution < -0.4 is 0 Å². The second-order valence-electron chi connectivity index (χ2n) is 2.06. The molecule has 10 heavy (non-hydrogen) atoms. The summed E-state index contributed by atoms with van der Waals surface area (Å²) < 4.78 is -0.571. The number of allylic oxidation sites excluding steroid dienone is 2. The van der Waals surface area contributed by atoms with E-state index in [9.17, 15) is 5.11 Å². The molecule has 0 aromatic rings. The van der Waals surface area contributed by atoms with E-state index in [0.29, 0.717) is 0 Å². The van der Waals surface area contributed by atoms with Gasteiger partial charge in [-0.3, -0.25) is 0 Å². The summed E-state index contributed by atoms with van der Waals surface area (Å²) in [5, 5.41) is 18.4. The molecule has 2 N–H and O–H groups in total. The molecule has 0 saturated heterocycles. The minimum Gasteiger partial charge on any atom is -0.385 e. The number of aliphatic hydroxyl groups is 2. The molecule has 1 aliphatic carbocycles. The molecule has 0 radical (unpaired) electrons. The largest absolute Gasteiger partial charge is 0.385 e. The van der Waals surface area contributed by atoms with Gasteiger partial charge in [0.05, 0.1) is 0 Å². The Kier molecular flexibility index (Phi) is 2.34. The summed E-state index contributed by atoms with van der Waals surface area (Å²) in [4.78, 5) is 0. The van der Waals surface area contributed by atoms with Crippen molar-refractivity contribution in [3.63, 3.8) is 0 Å². The predicted molar refractivity (Wildman–Crippen MR) is 46.0 cm³/mol. The molecule has 0 aromatic carbocycles. The molecule has 0 aromatic heterocycles. The van der Waals surface area contributed by atoms with E-state index < -0.39 is 10.6 Å². The van der Waals surface area contributed by atoms with Crippen molar-refractivity contribution < 1.29 is 10.2 Å². The van der Waals surface area contributed by atoms with Crippen LogP contribution in [0, 0.1) is 0 Å². The molecule has 0 spiro atoms. The van der Waals surface area contributed by atoms with Crippen LogP contribution in [0.25, 0.3) is 0 Å². The summed E-state index contributed by atoms with van der Waals surface area (Å²) in [6, 6.07) is 0. The summed E-state index contributed by atoms with van der Waals surface area (Å²) in [6.45, 7) is 0. The van der Waals surface area contributed by atoms with E-state index in [-0.39, 0.29) is 0 Å². The van der Waals surface area contributed by atoms with Crippen molar-refractivity contribution in [1.82, 2.24) is 0 Å². The van der Waals surface area contributed by atoms with Crippen molar-refractivity contribution in [2.45, 2.75) is 10.6 Å². The Bertz CT molecular complexity index is 196. The zero-order valence-corrected chi connectivity index (χ0v) is 8.13. The van der Waals surface area contributed by atoms with Crippen molar-refractivity contribution in [2.24, 2.45) is 0 Å². The lowest BCUT2D eigenvalue weighted by Gasteiger charge is -2.24. The van der Waals surface area contributed by atoms with Gasteiger partial charge in [0.15, 0.2) is 4.51 Å². The quantitative estimate of drug-likeness (QED) is 0.651. The molecular formula is C6H6Br2O2. The first-order valence-corrected chi connectivity index (χ1v) is 4.27. The van der Waals surface area contributed by atoms with Gasteiger partial charge < -0.3 is 10.2 Å². The molecule has 0 saturated carbocycles. The van der Waals surface area contributed by atoms with Gasteiger partial charge in [0.2, 0.25) is 0 Å². The van der Waals surface area contributed by atoms with Crippen LogP contribution in [0.1, 0.15) is 0 Å². The first kappa shape index (κ1) is 8.46. The average Bonchev–Trinajstić information content (AvgIpc) is 1.78. The van der Waals surface area contributed by atoms with Gasteiger partial charge in [-0.2, -0.15) is 0 Å². The summed E-state index contributed by atoms with van der Waals surface area (Å²) >= 11 is 6.11. The van der Waals surface area contributed by atoms with Crippen LogP contribution in [0.4, 0.5) is 0 Å². The van der Waals surface area contributed by atoms with E-state index in [1.54, 1.807) is 6.08 Å². The van der Waals surface area contributed by atoms with Crippen molar-refractivity contribution in [3.8, 4) is 0 Å². The van der Waals surface area contributed by atoms with Gasteiger partial charge in [0, 0.05) is 4.48 Å². The van der Waals surface area contributed by atoms with Crippen LogP contribution in [-0.2, 0) is 0 Å². The van der Waals surface area contributed by atoms with E-state index >= 15 is 0 Å². The van der Waals surface area contributed by atoms with Gasteiger partial charge in [0.1, 0.15) is 6.10 Å². The molecule has 2 unspecified atom stereocenters. The van der Waals surface area contributed by atoms with E-state index in [0.717, 1.165) is 4.48 Å². The van der Waals surface area contributed by atoms with Crippen molar-refractivity contribution >= 4 is 31.9 Å². The molecule has 2 nitrogen and oxygen atoms in total. The zero-order valence-electron chi connectivity index (χ0n) is 4.96. The van der Waals surface area contributed by atoms with Gasteiger partial charge in [-0.05, 0) is 28.1 Å². The van der Waals surface area contributed by atoms with Crippen LogP contribution in [0.15, 0.2) is 22.7 Å². The highest BCUT2D eigenvalue weighted by Gasteiger charge is 2.30. The third-order valence-corrected chi connectivity index (χ3v) is 2.38. The van der Waals surface area contributed by atoms with Crippen LogP contribution in [-0.4, -0.2) is 20.8 Å². The smallest absolute Gasteiger partial charge is 0.168 e. The van der Waals surface area contributed by atoms with E-state index in [1.807, 2.05) is 0 Å². The molecule has 0 amide bonds. The maximum Gasteiger partial charge on any atom is 0.168 e. The van der Waals surface area contributed by atoms with Crippen LogP contribution in [0.2, 0.25) is 0 Å². The zero-order chi connectivity index (χ0) is 7.78. The fraction of sp³-hybridized carbons (Fsp3) is 0.333. The Morgan fingerprint density at radius 1 is 1.60 bits per heavy atom. The normalized spacial score (nSPS) is 39.6. The first-order chi connectivity index (χ1) is 4.52. The highest BCUT2D eigenvalue weighted by atomic mass is 79.9. The molecule has 2 atom stereocenters. The van der Waals surface area contributed by atoms with Gasteiger partial charge in [-0.25, -0.2) is 0 Å². The Labute approximate surface area is 75.5 Å². The SMILES string of the molecule is OC1C=CC(Br)=CC1(O)Br. The van der Waals surface area contributed by atoms with Gasteiger partial charge in [0.25, 0.3) is 0 Å². The number of hydrogen-bond acceptors (Lipinski definition) is 2. The number of alkyl halides is 1. The Morgan fingerprint density at radius 3 is 2.60 bits per heavy atom. The number of aliphatic hydroxyl groups excluding tert-OH is 1. The van der Waals surface area contributed by atoms with Crippen LogP contribution in [0.5, 0.6) is 0 Å². The maximum atomic E-state index is 9.32. The van der Waals surface area contributed by atoms with E-state index in [1.165, 1.54) is 12.2 Å². The topological polar surface area (TPSA) is 40.5 Å². The molecule has 1 rings (SSSR count). The Morgan fingerprint density at radius 2 is 2.20 bits per heavy atom. The highest BCUT2D eigenvalue weighted by Crippen LogP contribution is 2.29. The van der Waals surface area contributed by atoms with E-state index in [2.05, 4.69) is 31.9 Å². The molecule has 0 bridgehead atoms. The molecular weight excluding hydrogens is 264 g/mol. The second kappa shape index (κ2) is 2.77. The predicted octanol–water partition coefficient (Wildman–Crippen LogP) is 1.28. The standard InChI is InChI=1S/C6H6Br2O2/c7-4-1-2-5(9)6(8,10)3-4/h1-3,5,9-10H. The minimum absolute atomic E-state index is 0.747. The molecule has 1 aliphatic rings. The molecule has 56 valence electrons. The Hall–Kier alpha value is 0.360. The van der Waals surface area contributed by atoms with Gasteiger partial charge in [-0.1, -0.05) is 22.0 Å². The van der Waals surface area contributed by atoms with Crippen LogP contribution in [0.3, 0.4) is 0 Å². The third-order valence-electron chi connectivity index (χ3n) is 1.19. The maximum absolute atomic E-state index is 9.32. The summed E-state index contributed by atoms with van der Waals surface area (Å²) in [6.07, 6.45) is 3.78. The van der Waals surface area contributed by atoms with Gasteiger partial charge in [-0.15, -0.1) is 0 Å². The minimum atomic E-state index is -1.32. The monoisotopic (exact) mass is 268 g/mol. The molecule has 0 heterocycles. The third kappa shape index (κ3) is 1.69. The van der Waals surface area contributed by atoms with Gasteiger partial charge >= 0.3 is 0 Å². The summed E-state index contributed by atoms with van der Waals surface area (Å²) in [5.74, 6) is 0. The molecule has 4 heteroatoms. The van der Waals surface area contributed by atoms with E-state index in [4.69, 9.17) is 5.11 Å². The molecule has 0 aliphatic heterocycles. The second-order valence-corrected chi connectivity index (χ2v) is 4.25. The van der Waals surface area contributed by atoms with Crippen molar-refractivity contribution in [3.05, 3.63) is 22.7 Å². The lowest BCUT2D eigenvalue weighted by Crippen LogP contribution is -2.33. The van der Waals surface area contributed by atoms with Crippen molar-refractivity contribution in [2.75, 3.05) is 0 Å². The fourth-order valence-electron chi connectivity index (χ4n) is 0.645. The molecule has 0 fully saturated rings. The first-order valence-electron chi connectivity index (χ1n) is 2.68. The summed E-state index contributed by atoms with van der Waals surface area (Å²) in [5.41, 5.74) is 0. The van der Waals surface area contributed by atoms with Crippen molar-refractivity contribution in [1.29, 1.82) is 0 Å². The average molecular weight is 270 g/mol. The number of hydrogen-bond donors (Lipinski definition) is 2.